The molecular weight excluding hydrogens is 357 g/mol. The van der Waals surface area contributed by atoms with Gasteiger partial charge in [-0.2, -0.15) is 0 Å². The van der Waals surface area contributed by atoms with Crippen LogP contribution >= 0.6 is 0 Å². The molecule has 0 saturated heterocycles. The van der Waals surface area contributed by atoms with Crippen LogP contribution in [-0.2, 0) is 4.79 Å². The van der Waals surface area contributed by atoms with Gasteiger partial charge in [0.05, 0.1) is 0 Å². The van der Waals surface area contributed by atoms with Gasteiger partial charge in [-0.05, 0) is 35.7 Å². The van der Waals surface area contributed by atoms with Crippen molar-refractivity contribution in [1.29, 1.82) is 0 Å². The first-order valence-corrected chi connectivity index (χ1v) is 8.58. The molecule has 1 saturated carbocycles. The first-order valence-electron chi connectivity index (χ1n) is 8.58. The number of anilines is 1. The monoisotopic (exact) mass is 374 g/mol. The minimum atomic E-state index is -2.95. The number of amides is 1. The van der Waals surface area contributed by atoms with Crippen LogP contribution in [0.2, 0.25) is 0 Å². The zero-order valence-corrected chi connectivity index (χ0v) is 14.7. The number of pyridine rings is 1. The molecule has 1 fully saturated rings. The third-order valence-corrected chi connectivity index (χ3v) is 4.65. The van der Waals surface area contributed by atoms with E-state index in [1.807, 2.05) is 19.9 Å². The van der Waals surface area contributed by atoms with E-state index in [0.29, 0.717) is 11.6 Å². The Morgan fingerprint density at radius 2 is 2.07 bits per heavy atom. The maximum atomic E-state index is 14.3. The Labute approximate surface area is 153 Å². The van der Waals surface area contributed by atoms with Crippen molar-refractivity contribution >= 4 is 22.6 Å². The quantitative estimate of drug-likeness (QED) is 0.742. The van der Waals surface area contributed by atoms with Crippen LogP contribution in [0.15, 0.2) is 36.7 Å². The van der Waals surface area contributed by atoms with E-state index in [4.69, 9.17) is 0 Å². The lowest BCUT2D eigenvalue weighted by Gasteiger charge is -2.08. The van der Waals surface area contributed by atoms with Crippen molar-refractivity contribution in [2.75, 3.05) is 5.32 Å². The van der Waals surface area contributed by atoms with Crippen molar-refractivity contribution in [1.82, 2.24) is 14.8 Å². The normalized spacial score (nSPS) is 18.1. The van der Waals surface area contributed by atoms with Crippen molar-refractivity contribution < 1.29 is 18.0 Å². The van der Waals surface area contributed by atoms with Gasteiger partial charge in [-0.1, -0.05) is 13.8 Å². The number of aromatic nitrogens is 3. The Bertz CT molecular complexity index is 1040. The summed E-state index contributed by atoms with van der Waals surface area (Å²) in [6.07, 6.45) is 2.92. The van der Waals surface area contributed by atoms with Crippen LogP contribution in [0.4, 0.5) is 18.9 Å². The second-order valence-corrected chi connectivity index (χ2v) is 7.08. The first kappa shape index (κ1) is 17.5. The van der Waals surface area contributed by atoms with Crippen LogP contribution in [-0.4, -0.2) is 26.6 Å². The molecule has 4 rings (SSSR count). The molecule has 2 aromatic heterocycles. The Morgan fingerprint density at radius 3 is 2.74 bits per heavy atom. The summed E-state index contributed by atoms with van der Waals surface area (Å²) in [5.41, 5.74) is 1.83. The number of hydrogen-bond acceptors (Lipinski definition) is 3. The number of nitrogens with one attached hydrogen (secondary N) is 1. The summed E-state index contributed by atoms with van der Waals surface area (Å²) in [6.45, 7) is 4.09. The molecule has 1 unspecified atom stereocenters. The average Bonchev–Trinajstić information content (AvgIpc) is 3.07. The topological polar surface area (TPSA) is 59.8 Å². The highest BCUT2D eigenvalue weighted by atomic mass is 19.3. The lowest BCUT2D eigenvalue weighted by molar-refractivity contribution is -0.119. The maximum Gasteiger partial charge on any atom is 0.260 e. The largest absolute Gasteiger partial charge is 0.326 e. The third-order valence-electron chi connectivity index (χ3n) is 4.65. The van der Waals surface area contributed by atoms with Gasteiger partial charge in [0.15, 0.2) is 5.65 Å². The predicted octanol–water partition coefficient (Wildman–Crippen LogP) is 4.28. The van der Waals surface area contributed by atoms with Crippen LogP contribution in [0.1, 0.15) is 31.7 Å². The summed E-state index contributed by atoms with van der Waals surface area (Å²) in [6, 6.07) is 5.79. The molecular formula is C19H17F3N4O. The van der Waals surface area contributed by atoms with Crippen LogP contribution in [0.5, 0.6) is 0 Å². The van der Waals surface area contributed by atoms with Gasteiger partial charge in [-0.15, -0.1) is 5.10 Å². The number of alkyl halides is 2. The second kappa shape index (κ2) is 6.07. The molecule has 1 aliphatic carbocycles. The molecule has 1 atom stereocenters. The summed E-state index contributed by atoms with van der Waals surface area (Å²) in [5, 5.41) is 7.44. The lowest BCUT2D eigenvalue weighted by atomic mass is 10.1. The van der Waals surface area contributed by atoms with Crippen LogP contribution < -0.4 is 5.32 Å². The number of rotatable bonds is 4. The lowest BCUT2D eigenvalue weighted by Crippen LogP contribution is -2.17. The Balaban J connectivity index is 1.65. The molecule has 1 aliphatic rings. The number of carbonyl (C=O) groups is 1. The Kier molecular flexibility index (Phi) is 3.94. The minimum Gasteiger partial charge on any atom is -0.326 e. The van der Waals surface area contributed by atoms with E-state index >= 15 is 0 Å². The molecule has 2 heterocycles. The Morgan fingerprint density at radius 1 is 1.33 bits per heavy atom. The van der Waals surface area contributed by atoms with Gasteiger partial charge in [-0.25, -0.2) is 22.8 Å². The number of halogens is 3. The highest BCUT2D eigenvalue weighted by Gasteiger charge is 2.61. The van der Waals surface area contributed by atoms with E-state index in [2.05, 4.69) is 15.4 Å². The molecule has 1 N–H and O–H groups in total. The second-order valence-electron chi connectivity index (χ2n) is 7.08. The number of hydrogen-bond donors (Lipinski definition) is 1. The zero-order valence-electron chi connectivity index (χ0n) is 14.7. The summed E-state index contributed by atoms with van der Waals surface area (Å²) in [7, 11) is 0. The van der Waals surface area contributed by atoms with E-state index in [1.54, 1.807) is 12.4 Å². The van der Waals surface area contributed by atoms with Gasteiger partial charge >= 0.3 is 0 Å². The van der Waals surface area contributed by atoms with Crippen molar-refractivity contribution in [2.45, 2.75) is 32.1 Å². The predicted molar refractivity (Wildman–Crippen MR) is 94.6 cm³/mol. The molecule has 0 radical (unpaired) electrons. The highest BCUT2D eigenvalue weighted by molar-refractivity contribution is 5.95. The molecule has 1 aromatic carbocycles. The molecule has 8 heteroatoms. The van der Waals surface area contributed by atoms with Gasteiger partial charge in [-0.3, -0.25) is 4.79 Å². The summed E-state index contributed by atoms with van der Waals surface area (Å²) >= 11 is 0. The van der Waals surface area contributed by atoms with E-state index in [9.17, 15) is 18.0 Å². The molecule has 0 aliphatic heterocycles. The minimum absolute atomic E-state index is 0.0967. The average molecular weight is 374 g/mol. The van der Waals surface area contributed by atoms with Crippen molar-refractivity contribution in [2.24, 2.45) is 5.92 Å². The van der Waals surface area contributed by atoms with Gasteiger partial charge < -0.3 is 5.32 Å². The van der Waals surface area contributed by atoms with Gasteiger partial charge in [0, 0.05) is 29.9 Å². The van der Waals surface area contributed by atoms with Crippen molar-refractivity contribution in [3.8, 4) is 5.69 Å². The number of nitrogens with zero attached hydrogens (tertiary/aromatic N) is 3. The number of benzene rings is 1. The fourth-order valence-corrected chi connectivity index (χ4v) is 2.87. The summed E-state index contributed by atoms with van der Waals surface area (Å²) in [5.74, 6) is -5.31. The number of carbonyl (C=O) groups excluding carboxylic acids is 1. The standard InChI is InChI=1S/C19H17F3N4O/c1-10(2)11-5-12-9-26(25-17(12)23-8-11)16-6-13(3-4-15(16)20)24-18(27)14-7-19(14,21)22/h3-6,8-10,14H,7H2,1-2H3,(H,24,27). The number of fused-ring (bicyclic) bond motifs is 1. The van der Waals surface area contributed by atoms with Gasteiger partial charge in [0.25, 0.3) is 5.92 Å². The van der Waals surface area contributed by atoms with Crippen LogP contribution in [0, 0.1) is 11.7 Å². The Hall–Kier alpha value is -2.90. The SMILES string of the molecule is CC(C)c1cnc2nn(-c3cc(NC(=O)C4CC4(F)F)ccc3F)cc2c1. The summed E-state index contributed by atoms with van der Waals surface area (Å²) < 4.78 is 41.7. The molecule has 1 amide bonds. The van der Waals surface area contributed by atoms with E-state index in [-0.39, 0.29) is 11.4 Å². The van der Waals surface area contributed by atoms with Gasteiger partial charge in [0.2, 0.25) is 5.91 Å². The van der Waals surface area contributed by atoms with Crippen molar-refractivity contribution in [3.63, 3.8) is 0 Å². The van der Waals surface area contributed by atoms with Crippen LogP contribution in [0.3, 0.4) is 0 Å². The zero-order chi connectivity index (χ0) is 19.3. The molecule has 0 bridgehead atoms. The smallest absolute Gasteiger partial charge is 0.260 e. The van der Waals surface area contributed by atoms with Gasteiger partial charge in [0.1, 0.15) is 17.4 Å². The third kappa shape index (κ3) is 3.27. The molecule has 5 nitrogen and oxygen atoms in total. The molecule has 27 heavy (non-hydrogen) atoms. The maximum absolute atomic E-state index is 14.3. The first-order chi connectivity index (χ1) is 12.7. The molecule has 140 valence electrons. The fourth-order valence-electron chi connectivity index (χ4n) is 2.87. The van der Waals surface area contributed by atoms with Crippen molar-refractivity contribution in [3.05, 3.63) is 48.0 Å². The highest BCUT2D eigenvalue weighted by Crippen LogP contribution is 2.49. The molecule has 0 spiro atoms. The summed E-state index contributed by atoms with van der Waals surface area (Å²) in [4.78, 5) is 16.1. The molecule has 3 aromatic rings. The van der Waals surface area contributed by atoms with E-state index in [1.165, 1.54) is 16.8 Å². The van der Waals surface area contributed by atoms with E-state index < -0.39 is 30.0 Å². The van der Waals surface area contributed by atoms with E-state index in [0.717, 1.165) is 17.0 Å². The van der Waals surface area contributed by atoms with Crippen LogP contribution in [0.25, 0.3) is 16.7 Å². The fraction of sp³-hybridized carbons (Fsp3) is 0.316.